The molecule has 2 fully saturated rings. The lowest BCUT2D eigenvalue weighted by Crippen LogP contribution is -2.41. The number of anilines is 1. The van der Waals surface area contributed by atoms with Crippen molar-refractivity contribution in [2.45, 2.75) is 58.3 Å². The fourth-order valence-corrected chi connectivity index (χ4v) is 3.75. The Balaban J connectivity index is 1.46. The topological polar surface area (TPSA) is 63.6 Å². The van der Waals surface area contributed by atoms with Crippen molar-refractivity contribution in [1.82, 2.24) is 4.90 Å². The molecule has 9 heteroatoms. The van der Waals surface area contributed by atoms with Gasteiger partial charge in [0.25, 0.3) is 0 Å². The summed E-state index contributed by atoms with van der Waals surface area (Å²) in [6.45, 7) is 5.95. The molecule has 3 rings (SSSR count). The maximum absolute atomic E-state index is 14.4. The number of benzene rings is 1. The van der Waals surface area contributed by atoms with Crippen LogP contribution in [-0.2, 0) is 20.9 Å². The van der Waals surface area contributed by atoms with Crippen molar-refractivity contribution in [3.05, 3.63) is 29.3 Å². The second kappa shape index (κ2) is 10.7. The highest BCUT2D eigenvalue weighted by Gasteiger charge is 2.26. The summed E-state index contributed by atoms with van der Waals surface area (Å²) in [5, 5.41) is 4.30. The van der Waals surface area contributed by atoms with Gasteiger partial charge in [0.05, 0.1) is 24.1 Å². The number of hydrogen-bond acceptors (Lipinski definition) is 6. The van der Waals surface area contributed by atoms with Gasteiger partial charge in [0.15, 0.2) is 0 Å². The normalized spacial score (nSPS) is 17.8. The predicted molar refractivity (Wildman–Crippen MR) is 113 cm³/mol. The molecule has 2 saturated heterocycles. The highest BCUT2D eigenvalue weighted by Crippen LogP contribution is 2.26. The van der Waals surface area contributed by atoms with E-state index in [2.05, 4.69) is 5.16 Å². The van der Waals surface area contributed by atoms with Crippen LogP contribution in [0.4, 0.5) is 19.3 Å². The largest absolute Gasteiger partial charge is 0.447 e. The highest BCUT2D eigenvalue weighted by atomic mass is 19.1. The van der Waals surface area contributed by atoms with E-state index in [1.54, 1.807) is 4.90 Å². The smallest absolute Gasteiger partial charge is 0.410 e. The van der Waals surface area contributed by atoms with E-state index < -0.39 is 11.6 Å². The van der Waals surface area contributed by atoms with E-state index in [1.807, 2.05) is 18.7 Å². The lowest BCUT2D eigenvalue weighted by atomic mass is 10.1. The summed E-state index contributed by atoms with van der Waals surface area (Å²) in [6, 6.07) is 2.44. The highest BCUT2D eigenvalue weighted by molar-refractivity contribution is 5.86. The molecule has 0 atom stereocenters. The minimum absolute atomic E-state index is 0.0338. The van der Waals surface area contributed by atoms with Crippen LogP contribution in [0.2, 0.25) is 0 Å². The summed E-state index contributed by atoms with van der Waals surface area (Å²) in [5.74, 6) is -0.919. The van der Waals surface area contributed by atoms with Crippen LogP contribution in [0.5, 0.6) is 0 Å². The van der Waals surface area contributed by atoms with Gasteiger partial charge in [-0.15, -0.1) is 0 Å². The second-order valence-corrected chi connectivity index (χ2v) is 8.20. The Morgan fingerprint density at radius 1 is 1.13 bits per heavy atom. The Kier molecular flexibility index (Phi) is 8.06. The van der Waals surface area contributed by atoms with Gasteiger partial charge in [-0.1, -0.05) is 5.16 Å². The van der Waals surface area contributed by atoms with Crippen molar-refractivity contribution in [2.24, 2.45) is 5.16 Å². The number of carbonyl (C=O) groups is 1. The molecule has 2 aliphatic heterocycles. The molecule has 7 nitrogen and oxygen atoms in total. The van der Waals surface area contributed by atoms with Crippen LogP contribution in [-0.4, -0.2) is 62.2 Å². The minimum atomic E-state index is -0.468. The van der Waals surface area contributed by atoms with Gasteiger partial charge in [0, 0.05) is 70.6 Å². The molecule has 172 valence electrons. The second-order valence-electron chi connectivity index (χ2n) is 8.20. The SMILES string of the molecule is COCc1cc(F)c(N2CCC(=NOC3CCN(C(=O)OC(C)C)CC3)CC2)cc1F. The zero-order valence-corrected chi connectivity index (χ0v) is 18.4. The Bertz CT molecular complexity index is 785. The molecule has 0 unspecified atom stereocenters. The predicted octanol–water partition coefficient (Wildman–Crippen LogP) is 4.09. The molecule has 0 N–H and O–H groups in total. The summed E-state index contributed by atoms with van der Waals surface area (Å²) in [7, 11) is 1.45. The molecule has 1 amide bonds. The first kappa shape index (κ1) is 23.2. The first-order valence-electron chi connectivity index (χ1n) is 10.8. The molecular formula is C22H31F2N3O4. The fraction of sp³-hybridized carbons (Fsp3) is 0.636. The zero-order chi connectivity index (χ0) is 22.4. The number of oxime groups is 1. The van der Waals surface area contributed by atoms with Crippen LogP contribution >= 0.6 is 0 Å². The molecule has 0 radical (unpaired) electrons. The maximum Gasteiger partial charge on any atom is 0.410 e. The van der Waals surface area contributed by atoms with Crippen LogP contribution < -0.4 is 4.90 Å². The van der Waals surface area contributed by atoms with Gasteiger partial charge < -0.3 is 24.1 Å². The minimum Gasteiger partial charge on any atom is -0.447 e. The summed E-state index contributed by atoms with van der Waals surface area (Å²) < 4.78 is 38.7. The Labute approximate surface area is 181 Å². The van der Waals surface area contributed by atoms with Crippen molar-refractivity contribution < 1.29 is 27.9 Å². The van der Waals surface area contributed by atoms with Gasteiger partial charge in [0.2, 0.25) is 0 Å². The van der Waals surface area contributed by atoms with E-state index >= 15 is 0 Å². The third-order valence-corrected chi connectivity index (χ3v) is 5.46. The number of ether oxygens (including phenoxy) is 2. The van der Waals surface area contributed by atoms with Gasteiger partial charge in [-0.3, -0.25) is 0 Å². The molecule has 0 bridgehead atoms. The van der Waals surface area contributed by atoms with Gasteiger partial charge in [-0.25, -0.2) is 13.6 Å². The molecular weight excluding hydrogens is 408 g/mol. The number of rotatable bonds is 6. The lowest BCUT2D eigenvalue weighted by molar-refractivity contribution is 0.00415. The fourth-order valence-electron chi connectivity index (χ4n) is 3.75. The van der Waals surface area contributed by atoms with E-state index in [9.17, 15) is 13.6 Å². The summed E-state index contributed by atoms with van der Waals surface area (Å²) in [6.07, 6.45) is 2.20. The number of nitrogens with zero attached hydrogens (tertiary/aromatic N) is 3. The van der Waals surface area contributed by atoms with E-state index in [0.717, 1.165) is 5.71 Å². The van der Waals surface area contributed by atoms with Gasteiger partial charge in [0.1, 0.15) is 17.7 Å². The zero-order valence-electron chi connectivity index (χ0n) is 18.4. The molecule has 0 aromatic heterocycles. The van der Waals surface area contributed by atoms with Gasteiger partial charge >= 0.3 is 6.09 Å². The number of halogens is 2. The van der Waals surface area contributed by atoms with Crippen molar-refractivity contribution in [3.63, 3.8) is 0 Å². The third kappa shape index (κ3) is 6.29. The summed E-state index contributed by atoms with van der Waals surface area (Å²) in [5.41, 5.74) is 1.38. The standard InChI is InChI=1S/C22H31F2N3O4/c1-15(2)30-22(28)27-10-6-18(7-11-27)31-25-17-4-8-26(9-5-17)21-13-19(23)16(14-29-3)12-20(21)24/h12-13,15,18H,4-11,14H2,1-3H3. The van der Waals surface area contributed by atoms with Crippen LogP contribution in [0.15, 0.2) is 17.3 Å². The van der Waals surface area contributed by atoms with Crippen LogP contribution in [0, 0.1) is 11.6 Å². The Hall–Kier alpha value is -2.42. The first-order chi connectivity index (χ1) is 14.9. The molecule has 0 aliphatic carbocycles. The Morgan fingerprint density at radius 2 is 1.81 bits per heavy atom. The molecule has 31 heavy (non-hydrogen) atoms. The monoisotopic (exact) mass is 439 g/mol. The van der Waals surface area contributed by atoms with Crippen LogP contribution in [0.25, 0.3) is 0 Å². The number of hydrogen-bond donors (Lipinski definition) is 0. The van der Waals surface area contributed by atoms with Crippen molar-refractivity contribution in [2.75, 3.05) is 38.2 Å². The van der Waals surface area contributed by atoms with E-state index in [0.29, 0.717) is 51.9 Å². The Morgan fingerprint density at radius 3 is 2.42 bits per heavy atom. The number of amides is 1. The maximum atomic E-state index is 14.4. The average molecular weight is 440 g/mol. The molecule has 1 aromatic carbocycles. The van der Waals surface area contributed by atoms with E-state index in [-0.39, 0.29) is 36.2 Å². The molecule has 0 spiro atoms. The van der Waals surface area contributed by atoms with Gasteiger partial charge in [-0.2, -0.15) is 0 Å². The van der Waals surface area contributed by atoms with Crippen molar-refractivity contribution in [1.29, 1.82) is 0 Å². The number of methoxy groups -OCH3 is 1. The number of likely N-dealkylation sites (tertiary alicyclic amines) is 1. The van der Waals surface area contributed by atoms with Crippen LogP contribution in [0.3, 0.4) is 0 Å². The quantitative estimate of drug-likeness (QED) is 0.625. The first-order valence-corrected chi connectivity index (χ1v) is 10.8. The molecule has 1 aromatic rings. The number of carbonyl (C=O) groups excluding carboxylic acids is 1. The summed E-state index contributed by atoms with van der Waals surface area (Å²) >= 11 is 0. The van der Waals surface area contributed by atoms with Crippen LogP contribution in [0.1, 0.15) is 45.1 Å². The lowest BCUT2D eigenvalue weighted by Gasteiger charge is -2.32. The third-order valence-electron chi connectivity index (χ3n) is 5.46. The van der Waals surface area contributed by atoms with E-state index in [4.69, 9.17) is 14.3 Å². The van der Waals surface area contributed by atoms with Crippen molar-refractivity contribution in [3.8, 4) is 0 Å². The molecule has 0 saturated carbocycles. The molecule has 2 heterocycles. The average Bonchev–Trinajstić information content (AvgIpc) is 2.75. The number of piperidine rings is 2. The summed E-state index contributed by atoms with van der Waals surface area (Å²) in [4.78, 5) is 21.2. The van der Waals surface area contributed by atoms with Gasteiger partial charge in [-0.05, 0) is 19.9 Å². The van der Waals surface area contributed by atoms with E-state index in [1.165, 1.54) is 19.2 Å². The van der Waals surface area contributed by atoms with Crippen molar-refractivity contribution >= 4 is 17.5 Å². The molecule has 2 aliphatic rings.